The first-order valence-electron chi connectivity index (χ1n) is 9.96. The number of carbonyl (C=O) groups is 2. The van der Waals surface area contributed by atoms with Crippen molar-refractivity contribution in [2.24, 2.45) is 10.9 Å². The van der Waals surface area contributed by atoms with Crippen molar-refractivity contribution in [1.82, 2.24) is 0 Å². The van der Waals surface area contributed by atoms with Gasteiger partial charge in [-0.25, -0.2) is 4.79 Å². The molecule has 0 radical (unpaired) electrons. The van der Waals surface area contributed by atoms with Crippen molar-refractivity contribution in [2.75, 3.05) is 0 Å². The molecule has 0 saturated heterocycles. The normalized spacial score (nSPS) is 11.1. The van der Waals surface area contributed by atoms with Crippen molar-refractivity contribution in [1.29, 1.82) is 0 Å². The molecule has 0 saturated carbocycles. The summed E-state index contributed by atoms with van der Waals surface area (Å²) in [5.41, 5.74) is 2.06. The number of aryl methyl sites for hydroxylation is 1. The van der Waals surface area contributed by atoms with Gasteiger partial charge >= 0.3 is 11.9 Å². The van der Waals surface area contributed by atoms with E-state index < -0.39 is 17.9 Å². The predicted molar refractivity (Wildman–Crippen MR) is 132 cm³/mol. The number of ether oxygens (including phenoxy) is 2. The van der Waals surface area contributed by atoms with Gasteiger partial charge in [0.2, 0.25) is 0 Å². The van der Waals surface area contributed by atoms with E-state index in [1.165, 1.54) is 12.3 Å². The Balaban J connectivity index is 2.04. The van der Waals surface area contributed by atoms with Crippen LogP contribution in [-0.2, 0) is 4.79 Å². The van der Waals surface area contributed by atoms with Crippen molar-refractivity contribution in [3.8, 4) is 11.5 Å². The Kier molecular flexibility index (Phi) is 8.14. The zero-order valence-electron chi connectivity index (χ0n) is 18.1. The molecule has 0 aromatic heterocycles. The van der Waals surface area contributed by atoms with Crippen LogP contribution in [0, 0.1) is 12.8 Å². The number of halogens is 3. The summed E-state index contributed by atoms with van der Waals surface area (Å²) in [6.07, 6.45) is 1.43. The van der Waals surface area contributed by atoms with Gasteiger partial charge < -0.3 is 9.47 Å². The number of nitrogens with zero attached hydrogens (tertiary/aromatic N) is 1. The lowest BCUT2D eigenvalue weighted by atomic mass is 10.1. The molecule has 0 spiro atoms. The fraction of sp³-hybridized carbons (Fsp3) is 0.160. The number of esters is 2. The Morgan fingerprint density at radius 3 is 2.21 bits per heavy atom. The summed E-state index contributed by atoms with van der Waals surface area (Å²) in [7, 11) is 0. The average Bonchev–Trinajstić information content (AvgIpc) is 2.73. The van der Waals surface area contributed by atoms with Gasteiger partial charge in [0.05, 0.1) is 17.2 Å². The van der Waals surface area contributed by atoms with Crippen LogP contribution in [0.1, 0.15) is 35.3 Å². The van der Waals surface area contributed by atoms with Crippen LogP contribution in [0.25, 0.3) is 0 Å². The van der Waals surface area contributed by atoms with E-state index >= 15 is 0 Å². The van der Waals surface area contributed by atoms with Crippen LogP contribution in [0.2, 0.25) is 15.1 Å². The van der Waals surface area contributed by atoms with Crippen LogP contribution in [0.5, 0.6) is 11.5 Å². The van der Waals surface area contributed by atoms with Crippen molar-refractivity contribution in [3.05, 3.63) is 86.4 Å². The van der Waals surface area contributed by atoms with E-state index in [9.17, 15) is 9.59 Å². The van der Waals surface area contributed by atoms with Crippen LogP contribution in [0.3, 0.4) is 0 Å². The molecule has 0 N–H and O–H groups in total. The zero-order valence-corrected chi connectivity index (χ0v) is 20.3. The van der Waals surface area contributed by atoms with Crippen molar-refractivity contribution >= 4 is 58.6 Å². The minimum atomic E-state index is -0.618. The summed E-state index contributed by atoms with van der Waals surface area (Å²) >= 11 is 18.3. The number of hydrogen-bond donors (Lipinski definition) is 0. The lowest BCUT2D eigenvalue weighted by Crippen LogP contribution is -2.17. The molecule has 0 aliphatic heterocycles. The molecular formula is C25H20Cl3NO4. The van der Waals surface area contributed by atoms with E-state index in [4.69, 9.17) is 44.3 Å². The number of hydrogen-bond acceptors (Lipinski definition) is 5. The first-order chi connectivity index (χ1) is 15.6. The quantitative estimate of drug-likeness (QED) is 0.198. The number of carbonyl (C=O) groups excluding carboxylic acids is 2. The molecule has 0 atom stereocenters. The van der Waals surface area contributed by atoms with Crippen molar-refractivity contribution < 1.29 is 19.1 Å². The predicted octanol–water partition coefficient (Wildman–Crippen LogP) is 7.49. The third-order valence-electron chi connectivity index (χ3n) is 4.38. The van der Waals surface area contributed by atoms with Crippen LogP contribution in [0.4, 0.5) is 5.69 Å². The Bertz CT molecular complexity index is 1220. The van der Waals surface area contributed by atoms with Crippen molar-refractivity contribution in [2.45, 2.75) is 20.8 Å². The Morgan fingerprint density at radius 2 is 1.58 bits per heavy atom. The molecule has 0 unspecified atom stereocenters. The lowest BCUT2D eigenvalue weighted by molar-refractivity contribution is -0.137. The summed E-state index contributed by atoms with van der Waals surface area (Å²) in [5, 5.41) is 1.09. The maximum absolute atomic E-state index is 12.7. The molecular weight excluding hydrogens is 485 g/mol. The highest BCUT2D eigenvalue weighted by atomic mass is 35.5. The summed E-state index contributed by atoms with van der Waals surface area (Å²) < 4.78 is 11.1. The van der Waals surface area contributed by atoms with Crippen LogP contribution in [-0.4, -0.2) is 18.2 Å². The molecule has 3 aromatic carbocycles. The van der Waals surface area contributed by atoms with E-state index in [0.29, 0.717) is 26.9 Å². The second-order valence-corrected chi connectivity index (χ2v) is 8.85. The standard InChI is InChI=1S/C25H20Cl3NO4/c1-14(2)24(30)33-23-17(13-29-21-10-19(27)9-20(28)11-21)8-18(26)12-22(23)32-25(31)16-6-4-5-15(3)7-16/h4-14H,1-3H3. The molecule has 0 bridgehead atoms. The van der Waals surface area contributed by atoms with Crippen molar-refractivity contribution in [3.63, 3.8) is 0 Å². The summed E-state index contributed by atoms with van der Waals surface area (Å²) in [5.74, 6) is -1.53. The lowest BCUT2D eigenvalue weighted by Gasteiger charge is -2.15. The Morgan fingerprint density at radius 1 is 0.909 bits per heavy atom. The minimum absolute atomic E-state index is 0.00594. The molecule has 0 heterocycles. The van der Waals surface area contributed by atoms with Crippen LogP contribution >= 0.6 is 34.8 Å². The third kappa shape index (κ3) is 6.81. The van der Waals surface area contributed by atoms with Gasteiger partial charge in [-0.3, -0.25) is 9.79 Å². The Hall–Kier alpha value is -2.86. The van der Waals surface area contributed by atoms with Crippen LogP contribution < -0.4 is 9.47 Å². The third-order valence-corrected chi connectivity index (χ3v) is 5.03. The molecule has 3 aromatic rings. The number of rotatable bonds is 6. The number of aliphatic imine (C=N–C) groups is 1. The molecule has 5 nitrogen and oxygen atoms in total. The number of benzene rings is 3. The second-order valence-electron chi connectivity index (χ2n) is 7.54. The van der Waals surface area contributed by atoms with E-state index in [0.717, 1.165) is 5.56 Å². The topological polar surface area (TPSA) is 65.0 Å². The molecule has 170 valence electrons. The Labute approximate surface area is 206 Å². The SMILES string of the molecule is Cc1cccc(C(=O)Oc2cc(Cl)cc(C=Nc3cc(Cl)cc(Cl)c3)c2OC(=O)C(C)C)c1. The van der Waals surface area contributed by atoms with E-state index in [2.05, 4.69) is 4.99 Å². The highest BCUT2D eigenvalue weighted by Gasteiger charge is 2.21. The van der Waals surface area contributed by atoms with Gasteiger partial charge in [0.15, 0.2) is 11.5 Å². The highest BCUT2D eigenvalue weighted by Crippen LogP contribution is 2.36. The van der Waals surface area contributed by atoms with E-state index in [1.54, 1.807) is 56.3 Å². The monoisotopic (exact) mass is 503 g/mol. The second kappa shape index (κ2) is 10.8. The first-order valence-corrected chi connectivity index (χ1v) is 11.1. The fourth-order valence-corrected chi connectivity index (χ4v) is 3.51. The maximum atomic E-state index is 12.7. The first kappa shape index (κ1) is 24.8. The molecule has 3 rings (SSSR count). The molecule has 8 heteroatoms. The van der Waals surface area contributed by atoms with E-state index in [1.807, 2.05) is 13.0 Å². The molecule has 0 amide bonds. The van der Waals surface area contributed by atoms with Gasteiger partial charge in [-0.2, -0.15) is 0 Å². The molecule has 33 heavy (non-hydrogen) atoms. The van der Waals surface area contributed by atoms with Gasteiger partial charge in [-0.15, -0.1) is 0 Å². The largest absolute Gasteiger partial charge is 0.422 e. The average molecular weight is 505 g/mol. The molecule has 0 aliphatic rings. The smallest absolute Gasteiger partial charge is 0.343 e. The van der Waals surface area contributed by atoms with Gasteiger partial charge in [-0.1, -0.05) is 66.3 Å². The van der Waals surface area contributed by atoms with Gasteiger partial charge in [-0.05, 0) is 43.3 Å². The van der Waals surface area contributed by atoms with E-state index in [-0.39, 0.29) is 16.5 Å². The summed E-state index contributed by atoms with van der Waals surface area (Å²) in [4.78, 5) is 29.5. The summed E-state index contributed by atoms with van der Waals surface area (Å²) in [6.45, 7) is 5.25. The molecule has 0 fully saturated rings. The van der Waals surface area contributed by atoms with Gasteiger partial charge in [0.25, 0.3) is 0 Å². The van der Waals surface area contributed by atoms with Gasteiger partial charge in [0, 0.05) is 32.9 Å². The highest BCUT2D eigenvalue weighted by molar-refractivity contribution is 6.35. The van der Waals surface area contributed by atoms with Gasteiger partial charge in [0.1, 0.15) is 0 Å². The molecule has 0 aliphatic carbocycles. The minimum Gasteiger partial charge on any atom is -0.422 e. The maximum Gasteiger partial charge on any atom is 0.343 e. The fourth-order valence-electron chi connectivity index (χ4n) is 2.78. The summed E-state index contributed by atoms with van der Waals surface area (Å²) in [6, 6.07) is 14.7. The van der Waals surface area contributed by atoms with Crippen LogP contribution in [0.15, 0.2) is 59.6 Å². The zero-order chi connectivity index (χ0) is 24.1.